The third kappa shape index (κ3) is 2.87. The zero-order chi connectivity index (χ0) is 10.7. The fourth-order valence-electron chi connectivity index (χ4n) is 1.79. The topological polar surface area (TPSA) is 52.6 Å². The lowest BCUT2D eigenvalue weighted by Gasteiger charge is -2.33. The van der Waals surface area contributed by atoms with Gasteiger partial charge in [0.2, 0.25) is 0 Å². The van der Waals surface area contributed by atoms with Crippen molar-refractivity contribution in [3.05, 3.63) is 30.3 Å². The Morgan fingerprint density at radius 1 is 1.38 bits per heavy atom. The van der Waals surface area contributed by atoms with Gasteiger partial charge < -0.3 is 15.3 Å². The minimum Gasteiger partial charge on any atom is -0.480 e. The summed E-state index contributed by atoms with van der Waals surface area (Å²) in [7, 11) is 0. The summed E-state index contributed by atoms with van der Waals surface area (Å²) in [6.07, 6.45) is 0. The van der Waals surface area contributed by atoms with Crippen molar-refractivity contribution in [1.29, 1.82) is 0 Å². The first-order valence-electron chi connectivity index (χ1n) is 5.03. The number of carboxylic acid groups (broad SMARTS) is 1. The number of piperazine rings is 1. The average Bonchev–Trinajstić information content (AvgIpc) is 2.30. The second-order valence-electron chi connectivity index (χ2n) is 3.63. The minimum absolute atomic E-state index is 0. The van der Waals surface area contributed by atoms with Crippen molar-refractivity contribution in [3.63, 3.8) is 0 Å². The van der Waals surface area contributed by atoms with Gasteiger partial charge in [0, 0.05) is 25.3 Å². The molecule has 1 aromatic rings. The van der Waals surface area contributed by atoms with Crippen molar-refractivity contribution in [2.24, 2.45) is 0 Å². The minimum atomic E-state index is -0.782. The number of carbonyl (C=O) groups is 1. The predicted molar refractivity (Wildman–Crippen MR) is 65.3 cm³/mol. The highest BCUT2D eigenvalue weighted by molar-refractivity contribution is 5.85. The Hall–Kier alpha value is -1.26. The quantitative estimate of drug-likeness (QED) is 0.812. The average molecular weight is 243 g/mol. The summed E-state index contributed by atoms with van der Waals surface area (Å²) in [5, 5.41) is 11.9. The number of rotatable bonds is 2. The molecule has 1 atom stereocenters. The number of halogens is 1. The van der Waals surface area contributed by atoms with Gasteiger partial charge in [-0.05, 0) is 12.1 Å². The van der Waals surface area contributed by atoms with Crippen LogP contribution in [0.1, 0.15) is 0 Å². The summed E-state index contributed by atoms with van der Waals surface area (Å²) < 4.78 is 0. The van der Waals surface area contributed by atoms with Crippen LogP contribution in [0.3, 0.4) is 0 Å². The number of hydrogen-bond donors (Lipinski definition) is 2. The number of anilines is 1. The molecule has 2 N–H and O–H groups in total. The van der Waals surface area contributed by atoms with E-state index in [2.05, 4.69) is 10.2 Å². The van der Waals surface area contributed by atoms with Crippen LogP contribution in [0.4, 0.5) is 5.69 Å². The van der Waals surface area contributed by atoms with E-state index in [1.165, 1.54) is 0 Å². The van der Waals surface area contributed by atoms with Crippen LogP contribution in [0.25, 0.3) is 0 Å². The summed E-state index contributed by atoms with van der Waals surface area (Å²) in [6, 6.07) is 9.44. The molecule has 4 nitrogen and oxygen atoms in total. The van der Waals surface area contributed by atoms with E-state index < -0.39 is 12.0 Å². The van der Waals surface area contributed by atoms with Crippen LogP contribution in [0.5, 0.6) is 0 Å². The highest BCUT2D eigenvalue weighted by Crippen LogP contribution is 2.14. The molecule has 16 heavy (non-hydrogen) atoms. The molecule has 0 spiro atoms. The number of para-hydroxylation sites is 1. The van der Waals surface area contributed by atoms with E-state index in [0.717, 1.165) is 12.2 Å². The van der Waals surface area contributed by atoms with Crippen molar-refractivity contribution in [2.75, 3.05) is 24.5 Å². The fraction of sp³-hybridized carbons (Fsp3) is 0.364. The molecule has 1 fully saturated rings. The second kappa shape index (κ2) is 5.72. The molecule has 5 heteroatoms. The first kappa shape index (κ1) is 12.8. The summed E-state index contributed by atoms with van der Waals surface area (Å²) in [5.41, 5.74) is 1.09. The number of carboxylic acids is 1. The van der Waals surface area contributed by atoms with Gasteiger partial charge in [0.15, 0.2) is 0 Å². The number of hydrogen-bond acceptors (Lipinski definition) is 3. The fourth-order valence-corrected chi connectivity index (χ4v) is 1.79. The smallest absolute Gasteiger partial charge is 0.322 e. The van der Waals surface area contributed by atoms with Crippen LogP contribution >= 0.6 is 12.4 Å². The zero-order valence-electron chi connectivity index (χ0n) is 8.80. The van der Waals surface area contributed by atoms with Crippen LogP contribution in [0, 0.1) is 0 Å². The summed E-state index contributed by atoms with van der Waals surface area (Å²) in [4.78, 5) is 12.9. The van der Waals surface area contributed by atoms with Gasteiger partial charge in [0.25, 0.3) is 0 Å². The molecule has 0 unspecified atom stereocenters. The third-order valence-electron chi connectivity index (χ3n) is 2.59. The van der Waals surface area contributed by atoms with Crippen molar-refractivity contribution in [3.8, 4) is 0 Å². The summed E-state index contributed by atoms with van der Waals surface area (Å²) in [6.45, 7) is 2.10. The van der Waals surface area contributed by atoms with Crippen LogP contribution in [0.2, 0.25) is 0 Å². The molecular weight excluding hydrogens is 228 g/mol. The molecule has 1 saturated heterocycles. The Morgan fingerprint density at radius 3 is 2.69 bits per heavy atom. The molecule has 0 aliphatic carbocycles. The van der Waals surface area contributed by atoms with Gasteiger partial charge in [0.1, 0.15) is 6.04 Å². The van der Waals surface area contributed by atoms with Crippen LogP contribution in [-0.4, -0.2) is 36.8 Å². The van der Waals surface area contributed by atoms with E-state index in [0.29, 0.717) is 13.1 Å². The second-order valence-corrected chi connectivity index (χ2v) is 3.63. The van der Waals surface area contributed by atoms with E-state index in [1.807, 2.05) is 30.3 Å². The van der Waals surface area contributed by atoms with Gasteiger partial charge in [-0.15, -0.1) is 12.4 Å². The Bertz CT molecular complexity index is 345. The van der Waals surface area contributed by atoms with E-state index in [1.54, 1.807) is 0 Å². The molecular formula is C11H15ClN2O2. The van der Waals surface area contributed by atoms with Crippen LogP contribution < -0.4 is 10.2 Å². The highest BCUT2D eigenvalue weighted by atomic mass is 35.5. The SMILES string of the molecule is Cl.O=C(O)[C@H]1CN(c2ccccc2)CCN1. The molecule has 88 valence electrons. The number of nitrogens with one attached hydrogen (secondary N) is 1. The van der Waals surface area contributed by atoms with Gasteiger partial charge in [-0.1, -0.05) is 18.2 Å². The molecule has 1 aliphatic heterocycles. The molecule has 1 aliphatic rings. The van der Waals surface area contributed by atoms with E-state index in [4.69, 9.17) is 5.11 Å². The summed E-state index contributed by atoms with van der Waals surface area (Å²) in [5.74, 6) is -0.782. The monoisotopic (exact) mass is 242 g/mol. The van der Waals surface area contributed by atoms with Crippen molar-refractivity contribution >= 4 is 24.1 Å². The molecule has 0 bridgehead atoms. The van der Waals surface area contributed by atoms with E-state index in [9.17, 15) is 4.79 Å². The predicted octanol–water partition coefficient (Wildman–Crippen LogP) is 0.971. The molecule has 0 saturated carbocycles. The Morgan fingerprint density at radius 2 is 2.06 bits per heavy atom. The Balaban J connectivity index is 0.00000128. The maximum absolute atomic E-state index is 10.8. The molecule has 0 aromatic heterocycles. The van der Waals surface area contributed by atoms with Gasteiger partial charge in [-0.3, -0.25) is 4.79 Å². The largest absolute Gasteiger partial charge is 0.480 e. The van der Waals surface area contributed by atoms with E-state index in [-0.39, 0.29) is 12.4 Å². The van der Waals surface area contributed by atoms with Gasteiger partial charge in [-0.2, -0.15) is 0 Å². The van der Waals surface area contributed by atoms with Crippen molar-refractivity contribution in [1.82, 2.24) is 5.32 Å². The van der Waals surface area contributed by atoms with Crippen LogP contribution in [-0.2, 0) is 4.79 Å². The van der Waals surface area contributed by atoms with E-state index >= 15 is 0 Å². The number of nitrogens with zero attached hydrogens (tertiary/aromatic N) is 1. The number of aliphatic carboxylic acids is 1. The third-order valence-corrected chi connectivity index (χ3v) is 2.59. The standard InChI is InChI=1S/C11H14N2O2.ClH/c14-11(15)10-8-13(7-6-12-10)9-4-2-1-3-5-9;/h1-5,10,12H,6-8H2,(H,14,15);1H/t10-;/m1./s1. The lowest BCUT2D eigenvalue weighted by atomic mass is 10.2. The highest BCUT2D eigenvalue weighted by Gasteiger charge is 2.24. The molecule has 1 heterocycles. The van der Waals surface area contributed by atoms with Crippen molar-refractivity contribution < 1.29 is 9.90 Å². The van der Waals surface area contributed by atoms with Gasteiger partial charge >= 0.3 is 5.97 Å². The first-order valence-corrected chi connectivity index (χ1v) is 5.03. The molecule has 1 aromatic carbocycles. The van der Waals surface area contributed by atoms with Crippen LogP contribution in [0.15, 0.2) is 30.3 Å². The zero-order valence-corrected chi connectivity index (χ0v) is 9.61. The van der Waals surface area contributed by atoms with Gasteiger partial charge in [-0.25, -0.2) is 0 Å². The summed E-state index contributed by atoms with van der Waals surface area (Å²) >= 11 is 0. The van der Waals surface area contributed by atoms with Gasteiger partial charge in [0.05, 0.1) is 0 Å². The Kier molecular flexibility index (Phi) is 4.58. The maximum atomic E-state index is 10.8. The molecule has 2 rings (SSSR count). The molecule has 0 radical (unpaired) electrons. The normalized spacial score (nSPS) is 20.0. The number of benzene rings is 1. The maximum Gasteiger partial charge on any atom is 0.322 e. The molecule has 0 amide bonds. The lowest BCUT2D eigenvalue weighted by Crippen LogP contribution is -2.54. The van der Waals surface area contributed by atoms with Crippen molar-refractivity contribution in [2.45, 2.75) is 6.04 Å². The Labute approximate surface area is 101 Å². The lowest BCUT2D eigenvalue weighted by molar-refractivity contribution is -0.139. The first-order chi connectivity index (χ1) is 7.27.